The third kappa shape index (κ3) is 3.45. The maximum absolute atomic E-state index is 11.6. The lowest BCUT2D eigenvalue weighted by molar-refractivity contribution is 0.0690. The number of benzene rings is 2. The van der Waals surface area contributed by atoms with Crippen molar-refractivity contribution in [2.75, 3.05) is 18.6 Å². The highest BCUT2D eigenvalue weighted by molar-refractivity contribution is 7.90. The number of sulfone groups is 1. The van der Waals surface area contributed by atoms with Crippen molar-refractivity contribution in [3.8, 4) is 16.9 Å². The molecule has 0 fully saturated rings. The third-order valence-corrected chi connectivity index (χ3v) is 5.04. The molecule has 1 aromatic heterocycles. The number of nitrogens with zero attached hydrogens (tertiary/aromatic N) is 2. The fraction of sp³-hybridized carbons (Fsp3) is 0.111. The van der Waals surface area contributed by atoms with E-state index in [-0.39, 0.29) is 10.6 Å². The van der Waals surface area contributed by atoms with Crippen LogP contribution in [0.15, 0.2) is 59.5 Å². The minimum Gasteiger partial charge on any atom is -0.476 e. The number of carboxylic acid groups (broad SMARTS) is 1. The minimum absolute atomic E-state index is 0.0927. The third-order valence-electron chi connectivity index (χ3n) is 3.91. The number of hydrogen-bond acceptors (Lipinski definition) is 5. The number of carbonyl (C=O) groups is 1. The second kappa shape index (κ2) is 6.64. The van der Waals surface area contributed by atoms with Crippen molar-refractivity contribution in [2.45, 2.75) is 4.90 Å². The molecule has 0 saturated carbocycles. The van der Waals surface area contributed by atoms with Gasteiger partial charge >= 0.3 is 5.97 Å². The van der Waals surface area contributed by atoms with Gasteiger partial charge in [0.15, 0.2) is 15.5 Å². The van der Waals surface area contributed by atoms with Gasteiger partial charge in [-0.15, -0.1) is 0 Å². The lowest BCUT2D eigenvalue weighted by Gasteiger charge is -2.09. The van der Waals surface area contributed by atoms with Gasteiger partial charge in [0.1, 0.15) is 0 Å². The van der Waals surface area contributed by atoms with Gasteiger partial charge in [0.05, 0.1) is 16.3 Å². The molecule has 3 rings (SSSR count). The summed E-state index contributed by atoms with van der Waals surface area (Å²) in [4.78, 5) is 11.5. The molecule has 8 heteroatoms. The molecule has 7 nitrogen and oxygen atoms in total. The second-order valence-corrected chi connectivity index (χ2v) is 7.74. The van der Waals surface area contributed by atoms with E-state index in [0.717, 1.165) is 11.9 Å². The smallest absolute Gasteiger partial charge is 0.356 e. The van der Waals surface area contributed by atoms with Crippen LogP contribution in [0.25, 0.3) is 16.9 Å². The van der Waals surface area contributed by atoms with Gasteiger partial charge in [-0.3, -0.25) is 0 Å². The van der Waals surface area contributed by atoms with E-state index in [1.165, 1.54) is 22.9 Å². The second-order valence-electron chi connectivity index (χ2n) is 5.73. The van der Waals surface area contributed by atoms with E-state index in [0.29, 0.717) is 16.9 Å². The molecule has 0 bridgehead atoms. The lowest BCUT2D eigenvalue weighted by atomic mass is 10.1. The molecule has 0 saturated heterocycles. The Kier molecular flexibility index (Phi) is 4.52. The molecule has 0 aliphatic carbocycles. The van der Waals surface area contributed by atoms with E-state index >= 15 is 0 Å². The van der Waals surface area contributed by atoms with Gasteiger partial charge in [-0.2, -0.15) is 5.10 Å². The zero-order valence-corrected chi connectivity index (χ0v) is 15.0. The summed E-state index contributed by atoms with van der Waals surface area (Å²) in [6.07, 6.45) is 1.14. The summed E-state index contributed by atoms with van der Waals surface area (Å²) in [6.45, 7) is 0. The van der Waals surface area contributed by atoms with Crippen molar-refractivity contribution >= 4 is 21.5 Å². The Balaban J connectivity index is 2.12. The zero-order chi connectivity index (χ0) is 18.9. The Hall–Kier alpha value is -3.13. The van der Waals surface area contributed by atoms with Gasteiger partial charge in [0.25, 0.3) is 0 Å². The first-order valence-electron chi connectivity index (χ1n) is 7.71. The molecule has 26 heavy (non-hydrogen) atoms. The molecule has 0 spiro atoms. The van der Waals surface area contributed by atoms with E-state index < -0.39 is 15.8 Å². The van der Waals surface area contributed by atoms with Crippen LogP contribution in [0.5, 0.6) is 0 Å². The first-order valence-corrected chi connectivity index (χ1v) is 9.61. The van der Waals surface area contributed by atoms with Gasteiger partial charge in [0, 0.05) is 24.6 Å². The van der Waals surface area contributed by atoms with Gasteiger partial charge in [0.2, 0.25) is 0 Å². The monoisotopic (exact) mass is 371 g/mol. The molecular weight excluding hydrogens is 354 g/mol. The maximum atomic E-state index is 11.6. The summed E-state index contributed by atoms with van der Waals surface area (Å²) in [6, 6.07) is 15.1. The summed E-state index contributed by atoms with van der Waals surface area (Å²) in [5.74, 6) is -1.13. The van der Waals surface area contributed by atoms with E-state index in [2.05, 4.69) is 10.4 Å². The molecule has 1 heterocycles. The molecular formula is C18H17N3O4S. The normalized spacial score (nSPS) is 11.3. The Morgan fingerprint density at radius 1 is 1.08 bits per heavy atom. The van der Waals surface area contributed by atoms with Crippen LogP contribution in [0.3, 0.4) is 0 Å². The quantitative estimate of drug-likeness (QED) is 0.715. The number of aromatic nitrogens is 2. The number of aromatic carboxylic acids is 1. The SMILES string of the molecule is CNc1ccc(-n2nc(C(=O)O)cc2-c2ccc(S(C)(=O)=O)cc2)cc1. The van der Waals surface area contributed by atoms with Crippen LogP contribution in [-0.4, -0.2) is 42.6 Å². The average molecular weight is 371 g/mol. The van der Waals surface area contributed by atoms with Gasteiger partial charge in [-0.1, -0.05) is 12.1 Å². The number of rotatable bonds is 5. The van der Waals surface area contributed by atoms with Crippen molar-refractivity contribution in [3.05, 3.63) is 60.3 Å². The van der Waals surface area contributed by atoms with Crippen LogP contribution >= 0.6 is 0 Å². The maximum Gasteiger partial charge on any atom is 0.356 e. The zero-order valence-electron chi connectivity index (χ0n) is 14.2. The van der Waals surface area contributed by atoms with E-state index in [9.17, 15) is 18.3 Å². The summed E-state index contributed by atoms with van der Waals surface area (Å²) in [5.41, 5.74) is 2.73. The van der Waals surface area contributed by atoms with Crippen LogP contribution in [-0.2, 0) is 9.84 Å². The Bertz CT molecular complexity index is 1050. The summed E-state index contributed by atoms with van der Waals surface area (Å²) in [7, 11) is -1.50. The van der Waals surface area contributed by atoms with Gasteiger partial charge < -0.3 is 10.4 Å². The fourth-order valence-corrected chi connectivity index (χ4v) is 3.16. The van der Waals surface area contributed by atoms with Crippen LogP contribution in [0, 0.1) is 0 Å². The fourth-order valence-electron chi connectivity index (χ4n) is 2.53. The first kappa shape index (κ1) is 17.7. The summed E-state index contributed by atoms with van der Waals surface area (Å²) >= 11 is 0. The number of nitrogens with one attached hydrogen (secondary N) is 1. The predicted molar refractivity (Wildman–Crippen MR) is 98.6 cm³/mol. The number of hydrogen-bond donors (Lipinski definition) is 2. The standard InChI is InChI=1S/C18H17N3O4S/c1-19-13-5-7-14(8-6-13)21-17(11-16(20-21)18(22)23)12-3-9-15(10-4-12)26(2,24)25/h3-11,19H,1-2H3,(H,22,23). The molecule has 0 amide bonds. The molecule has 0 atom stereocenters. The van der Waals surface area contributed by atoms with E-state index in [4.69, 9.17) is 0 Å². The molecule has 134 valence electrons. The van der Waals surface area contributed by atoms with E-state index in [1.807, 2.05) is 24.3 Å². The highest BCUT2D eigenvalue weighted by atomic mass is 32.2. The topological polar surface area (TPSA) is 101 Å². The number of anilines is 1. The largest absolute Gasteiger partial charge is 0.476 e. The van der Waals surface area contributed by atoms with Crippen molar-refractivity contribution in [1.82, 2.24) is 9.78 Å². The van der Waals surface area contributed by atoms with Crippen LogP contribution < -0.4 is 5.32 Å². The predicted octanol–water partition coefficient (Wildman–Crippen LogP) is 2.68. The minimum atomic E-state index is -3.30. The van der Waals surface area contributed by atoms with Crippen LogP contribution in [0.4, 0.5) is 5.69 Å². The van der Waals surface area contributed by atoms with Crippen molar-refractivity contribution in [1.29, 1.82) is 0 Å². The van der Waals surface area contributed by atoms with E-state index in [1.54, 1.807) is 19.2 Å². The molecule has 0 aliphatic rings. The molecule has 3 aromatic rings. The average Bonchev–Trinajstić information content (AvgIpc) is 3.07. The Morgan fingerprint density at radius 3 is 2.19 bits per heavy atom. The summed E-state index contributed by atoms with van der Waals surface area (Å²) in [5, 5.41) is 16.5. The first-order chi connectivity index (χ1) is 12.3. The van der Waals surface area contributed by atoms with Crippen LogP contribution in [0.2, 0.25) is 0 Å². The van der Waals surface area contributed by atoms with Crippen molar-refractivity contribution in [2.24, 2.45) is 0 Å². The molecule has 0 aliphatic heterocycles. The molecule has 2 N–H and O–H groups in total. The highest BCUT2D eigenvalue weighted by Crippen LogP contribution is 2.26. The Morgan fingerprint density at radius 2 is 1.69 bits per heavy atom. The molecule has 2 aromatic carbocycles. The van der Waals surface area contributed by atoms with Crippen molar-refractivity contribution < 1.29 is 18.3 Å². The van der Waals surface area contributed by atoms with Crippen LogP contribution in [0.1, 0.15) is 10.5 Å². The van der Waals surface area contributed by atoms with Crippen molar-refractivity contribution in [3.63, 3.8) is 0 Å². The van der Waals surface area contributed by atoms with Gasteiger partial charge in [-0.25, -0.2) is 17.9 Å². The molecule has 0 radical (unpaired) electrons. The lowest BCUT2D eigenvalue weighted by Crippen LogP contribution is -2.02. The molecule has 0 unspecified atom stereocenters. The van der Waals surface area contributed by atoms with Gasteiger partial charge in [-0.05, 0) is 42.5 Å². The Labute approximate surface area is 150 Å². The summed E-state index contributed by atoms with van der Waals surface area (Å²) < 4.78 is 24.8. The highest BCUT2D eigenvalue weighted by Gasteiger charge is 2.16. The number of carboxylic acids is 1.